The normalized spacial score (nSPS) is 16.8. The Balaban J connectivity index is 1.77. The Morgan fingerprint density at radius 1 is 1.21 bits per heavy atom. The fourth-order valence-electron chi connectivity index (χ4n) is 5.28. The van der Waals surface area contributed by atoms with Crippen LogP contribution < -0.4 is 26.8 Å². The van der Waals surface area contributed by atoms with Gasteiger partial charge in [-0.25, -0.2) is 0 Å². The molecule has 2 fully saturated rings. The van der Waals surface area contributed by atoms with E-state index in [4.69, 9.17) is 16.2 Å². The van der Waals surface area contributed by atoms with Gasteiger partial charge in [-0.3, -0.25) is 9.69 Å². The van der Waals surface area contributed by atoms with Crippen LogP contribution in [-0.2, 0) is 4.79 Å². The Kier molecular flexibility index (Phi) is 14.5. The summed E-state index contributed by atoms with van der Waals surface area (Å²) >= 11 is 0. The van der Waals surface area contributed by atoms with Crippen LogP contribution in [0.3, 0.4) is 0 Å². The molecule has 8 nitrogen and oxygen atoms in total. The van der Waals surface area contributed by atoms with Gasteiger partial charge in [0.05, 0.1) is 24.5 Å². The Hall–Kier alpha value is -4.61. The SMILES string of the molecule is C=C(C#CC)/C=C\C=C(/CCC)CN1CC(N(C)/C=C(\C=C/CC)c2cccc(NC(/C=C(\N)NC(=O)C3CC3)=C(\C)N)c2OC)C1. The smallest absolute Gasteiger partial charge is 0.228 e. The predicted octanol–water partition coefficient (Wildman–Crippen LogP) is 6.41. The quantitative estimate of drug-likeness (QED) is 0.115. The van der Waals surface area contributed by atoms with Crippen LogP contribution in [0.25, 0.3) is 5.57 Å². The van der Waals surface area contributed by atoms with Crippen LogP contribution in [0.15, 0.2) is 95.8 Å². The molecular weight excluding hydrogens is 584 g/mol. The lowest BCUT2D eigenvalue weighted by Crippen LogP contribution is -2.57. The van der Waals surface area contributed by atoms with Crippen molar-refractivity contribution in [2.75, 3.05) is 39.1 Å². The van der Waals surface area contributed by atoms with Crippen molar-refractivity contribution in [2.24, 2.45) is 17.4 Å². The number of nitrogens with zero attached hydrogens (tertiary/aromatic N) is 2. The molecule has 47 heavy (non-hydrogen) atoms. The van der Waals surface area contributed by atoms with Crippen molar-refractivity contribution in [3.8, 4) is 17.6 Å². The third-order valence-corrected chi connectivity index (χ3v) is 8.04. The number of carbonyl (C=O) groups is 1. The first kappa shape index (κ1) is 36.9. The molecule has 1 aliphatic heterocycles. The van der Waals surface area contributed by atoms with Gasteiger partial charge in [-0.2, -0.15) is 0 Å². The summed E-state index contributed by atoms with van der Waals surface area (Å²) in [6.45, 7) is 14.9. The highest BCUT2D eigenvalue weighted by molar-refractivity contribution is 5.83. The average molecular weight is 639 g/mol. The van der Waals surface area contributed by atoms with Gasteiger partial charge in [0, 0.05) is 67.3 Å². The first-order valence-electron chi connectivity index (χ1n) is 16.6. The van der Waals surface area contributed by atoms with E-state index in [1.54, 1.807) is 20.1 Å². The van der Waals surface area contributed by atoms with E-state index in [0.717, 1.165) is 74.1 Å². The summed E-state index contributed by atoms with van der Waals surface area (Å²) in [6.07, 6.45) is 19.3. The second kappa shape index (κ2) is 18.5. The van der Waals surface area contributed by atoms with Crippen LogP contribution in [0.5, 0.6) is 5.75 Å². The van der Waals surface area contributed by atoms with Crippen molar-refractivity contribution in [1.29, 1.82) is 0 Å². The van der Waals surface area contributed by atoms with Gasteiger partial charge in [0.25, 0.3) is 0 Å². The Morgan fingerprint density at radius 3 is 2.57 bits per heavy atom. The summed E-state index contributed by atoms with van der Waals surface area (Å²) in [5, 5.41) is 6.16. The molecule has 6 N–H and O–H groups in total. The predicted molar refractivity (Wildman–Crippen MR) is 197 cm³/mol. The molecule has 0 atom stereocenters. The van der Waals surface area contributed by atoms with Gasteiger partial charge < -0.3 is 31.7 Å². The second-order valence-corrected chi connectivity index (χ2v) is 12.2. The number of para-hydroxylation sites is 1. The molecule has 1 saturated carbocycles. The zero-order valence-electron chi connectivity index (χ0n) is 29.2. The number of likely N-dealkylation sites (tertiary alicyclic amines) is 1. The van der Waals surface area contributed by atoms with Gasteiger partial charge in [0.1, 0.15) is 11.6 Å². The molecule has 1 amide bonds. The molecule has 0 radical (unpaired) electrons. The Morgan fingerprint density at radius 2 is 1.96 bits per heavy atom. The topological polar surface area (TPSA) is 109 Å². The molecule has 1 aromatic carbocycles. The molecule has 8 heteroatoms. The standard InChI is InChI=1S/C39H54N6O2/c1-8-11-18-32(25-44(6)33-26-45(27-33)24-30(15-10-3)17-12-16-28(4)14-9-2)34-19-13-20-35(38(34)47-7)42-36(29(5)40)23-37(41)43-39(46)31-21-22-31/h11-13,16-20,23,25,31,33,42H,4,8,10,15,21-22,24,26-27,40-41H2,1-3,5-7H3,(H,43,46)/b16-12-,18-11-,30-17+,32-25+,36-29+,37-23+. The minimum absolute atomic E-state index is 0.0517. The van der Waals surface area contributed by atoms with Gasteiger partial charge in [0.2, 0.25) is 5.91 Å². The van der Waals surface area contributed by atoms with E-state index in [1.165, 1.54) is 5.57 Å². The number of allylic oxidation sites excluding steroid dienone is 9. The van der Waals surface area contributed by atoms with E-state index < -0.39 is 0 Å². The van der Waals surface area contributed by atoms with Gasteiger partial charge >= 0.3 is 0 Å². The molecule has 1 heterocycles. The number of nitrogens with two attached hydrogens (primary N) is 2. The lowest BCUT2D eigenvalue weighted by atomic mass is 10.0. The maximum Gasteiger partial charge on any atom is 0.228 e. The summed E-state index contributed by atoms with van der Waals surface area (Å²) in [5.74, 6) is 6.80. The number of hydrogen-bond acceptors (Lipinski definition) is 7. The number of nitrogens with one attached hydrogen (secondary N) is 2. The van der Waals surface area contributed by atoms with Crippen LogP contribution >= 0.6 is 0 Å². The summed E-state index contributed by atoms with van der Waals surface area (Å²) in [7, 11) is 3.81. The van der Waals surface area contributed by atoms with Gasteiger partial charge in [-0.05, 0) is 51.7 Å². The number of benzene rings is 1. The Bertz CT molecular complexity index is 1500. The largest absolute Gasteiger partial charge is 0.494 e. The van der Waals surface area contributed by atoms with Gasteiger partial charge in [-0.15, -0.1) is 5.92 Å². The Labute approximate surface area is 282 Å². The van der Waals surface area contributed by atoms with Crippen LogP contribution in [-0.4, -0.2) is 55.5 Å². The van der Waals surface area contributed by atoms with Crippen LogP contribution in [0.2, 0.25) is 0 Å². The highest BCUT2D eigenvalue weighted by Crippen LogP contribution is 2.36. The van der Waals surface area contributed by atoms with E-state index in [9.17, 15) is 4.79 Å². The van der Waals surface area contributed by atoms with E-state index in [-0.39, 0.29) is 17.6 Å². The fraction of sp³-hybridized carbons (Fsp3) is 0.410. The number of hydrogen-bond donors (Lipinski definition) is 4. The third kappa shape index (κ3) is 11.6. The third-order valence-electron chi connectivity index (χ3n) is 8.04. The van der Waals surface area contributed by atoms with Gasteiger partial charge in [-0.1, -0.05) is 74.8 Å². The van der Waals surface area contributed by atoms with Gasteiger partial charge in [0.15, 0.2) is 0 Å². The van der Waals surface area contributed by atoms with E-state index in [0.29, 0.717) is 23.2 Å². The molecule has 0 bridgehead atoms. The summed E-state index contributed by atoms with van der Waals surface area (Å²) < 4.78 is 5.98. The molecule has 0 aromatic heterocycles. The average Bonchev–Trinajstić information content (AvgIpc) is 3.86. The summed E-state index contributed by atoms with van der Waals surface area (Å²) in [4.78, 5) is 17.0. The van der Waals surface area contributed by atoms with E-state index in [1.807, 2.05) is 25.1 Å². The molecule has 1 saturated heterocycles. The number of likely N-dealkylation sites (N-methyl/N-ethyl adjacent to an activating group) is 1. The maximum atomic E-state index is 12.2. The van der Waals surface area contributed by atoms with Crippen molar-refractivity contribution in [1.82, 2.24) is 15.1 Å². The van der Waals surface area contributed by atoms with Crippen molar-refractivity contribution in [2.45, 2.75) is 65.8 Å². The second-order valence-electron chi connectivity index (χ2n) is 12.2. The van der Waals surface area contributed by atoms with Crippen molar-refractivity contribution >= 4 is 17.2 Å². The molecule has 3 rings (SSSR count). The maximum absolute atomic E-state index is 12.2. The number of carbonyl (C=O) groups excluding carboxylic acids is 1. The fourth-order valence-corrected chi connectivity index (χ4v) is 5.28. The lowest BCUT2D eigenvalue weighted by Gasteiger charge is -2.44. The molecule has 0 unspecified atom stereocenters. The number of amides is 1. The summed E-state index contributed by atoms with van der Waals surface area (Å²) in [6, 6.07) is 6.39. The summed E-state index contributed by atoms with van der Waals surface area (Å²) in [5.41, 5.74) is 18.5. The zero-order valence-corrected chi connectivity index (χ0v) is 29.2. The lowest BCUT2D eigenvalue weighted by molar-refractivity contribution is -0.121. The number of rotatable bonds is 17. The molecule has 1 aromatic rings. The van der Waals surface area contributed by atoms with Crippen LogP contribution in [0.1, 0.15) is 65.4 Å². The van der Waals surface area contributed by atoms with Crippen molar-refractivity contribution < 1.29 is 9.53 Å². The molecule has 252 valence electrons. The highest BCUT2D eigenvalue weighted by Gasteiger charge is 2.30. The zero-order chi connectivity index (χ0) is 34.3. The van der Waals surface area contributed by atoms with Crippen molar-refractivity contribution in [3.63, 3.8) is 0 Å². The first-order chi connectivity index (χ1) is 22.6. The van der Waals surface area contributed by atoms with Crippen LogP contribution in [0, 0.1) is 17.8 Å². The number of methoxy groups -OCH3 is 1. The minimum Gasteiger partial charge on any atom is -0.494 e. The van der Waals surface area contributed by atoms with E-state index >= 15 is 0 Å². The molecular formula is C39H54N6O2. The van der Waals surface area contributed by atoms with E-state index in [2.05, 4.69) is 96.3 Å². The van der Waals surface area contributed by atoms with Crippen molar-refractivity contribution in [3.05, 3.63) is 101 Å². The number of ether oxygens (including phenoxy) is 1. The highest BCUT2D eigenvalue weighted by atomic mass is 16.5. The molecule has 1 aliphatic carbocycles. The first-order valence-corrected chi connectivity index (χ1v) is 16.6. The molecule has 2 aliphatic rings. The van der Waals surface area contributed by atoms with Crippen LogP contribution in [0.4, 0.5) is 5.69 Å². The monoisotopic (exact) mass is 638 g/mol. The number of anilines is 1. The minimum atomic E-state index is -0.0567. The molecule has 0 spiro atoms.